The first-order valence-corrected chi connectivity index (χ1v) is 9.88. The maximum Gasteiger partial charge on any atom is 0.253 e. The molecule has 1 aromatic rings. The van der Waals surface area contributed by atoms with Crippen molar-refractivity contribution in [3.05, 3.63) is 34.9 Å². The van der Waals surface area contributed by atoms with Gasteiger partial charge in [0.05, 0.1) is 5.92 Å². The molecule has 3 aliphatic rings. The standard InChI is InChI=1S/C21H29N3O2.ClH/c1-14-6-15(2)8-17(7-14)21(26)23-5-3-4-16(11-23)20(25)24-12-18-9-22-10-19(18)13-24;/h6-8,16,18-19,22H,3-5,9-13H2,1-2H3;1H/t16?,18-,19+;. The van der Waals surface area contributed by atoms with Gasteiger partial charge in [-0.05, 0) is 50.7 Å². The monoisotopic (exact) mass is 391 g/mol. The van der Waals surface area contributed by atoms with E-state index in [1.165, 1.54) is 0 Å². The van der Waals surface area contributed by atoms with Crippen molar-refractivity contribution in [2.24, 2.45) is 17.8 Å². The van der Waals surface area contributed by atoms with Gasteiger partial charge in [-0.2, -0.15) is 0 Å². The zero-order chi connectivity index (χ0) is 18.3. The number of halogens is 1. The average Bonchev–Trinajstić information content (AvgIpc) is 3.21. The van der Waals surface area contributed by atoms with Crippen LogP contribution in [0.25, 0.3) is 0 Å². The Hall–Kier alpha value is -1.59. The first-order valence-electron chi connectivity index (χ1n) is 9.88. The van der Waals surface area contributed by atoms with Gasteiger partial charge in [0.25, 0.3) is 5.91 Å². The van der Waals surface area contributed by atoms with Crippen molar-refractivity contribution in [1.29, 1.82) is 0 Å². The Morgan fingerprint density at radius 3 is 2.22 bits per heavy atom. The Bertz CT molecular complexity index is 691. The van der Waals surface area contributed by atoms with Gasteiger partial charge in [0.15, 0.2) is 0 Å². The van der Waals surface area contributed by atoms with Crippen LogP contribution < -0.4 is 5.32 Å². The molecule has 6 heteroatoms. The maximum atomic E-state index is 13.0. The molecular formula is C21H30ClN3O2. The van der Waals surface area contributed by atoms with Crippen molar-refractivity contribution in [1.82, 2.24) is 15.1 Å². The fourth-order valence-electron chi connectivity index (χ4n) is 4.94. The summed E-state index contributed by atoms with van der Waals surface area (Å²) < 4.78 is 0. The molecule has 3 aliphatic heterocycles. The van der Waals surface area contributed by atoms with Crippen molar-refractivity contribution in [2.45, 2.75) is 26.7 Å². The predicted molar refractivity (Wildman–Crippen MR) is 108 cm³/mol. The summed E-state index contributed by atoms with van der Waals surface area (Å²) in [4.78, 5) is 29.9. The van der Waals surface area contributed by atoms with E-state index in [4.69, 9.17) is 0 Å². The first kappa shape index (κ1) is 20.2. The summed E-state index contributed by atoms with van der Waals surface area (Å²) in [5, 5.41) is 3.42. The van der Waals surface area contributed by atoms with E-state index in [1.54, 1.807) is 0 Å². The highest BCUT2D eigenvalue weighted by Gasteiger charge is 2.40. The molecule has 0 radical (unpaired) electrons. The zero-order valence-electron chi connectivity index (χ0n) is 16.2. The number of fused-ring (bicyclic) bond motifs is 1. The second-order valence-electron chi connectivity index (χ2n) is 8.39. The van der Waals surface area contributed by atoms with Crippen molar-refractivity contribution in [2.75, 3.05) is 39.3 Å². The van der Waals surface area contributed by atoms with E-state index in [1.807, 2.05) is 30.9 Å². The van der Waals surface area contributed by atoms with Crippen LogP contribution in [0.5, 0.6) is 0 Å². The summed E-state index contributed by atoms with van der Waals surface area (Å²) in [5.41, 5.74) is 2.96. The summed E-state index contributed by atoms with van der Waals surface area (Å²) in [6, 6.07) is 5.99. The molecule has 1 aromatic carbocycles. The molecule has 0 aliphatic carbocycles. The molecule has 0 spiro atoms. The first-order chi connectivity index (χ1) is 12.5. The fourth-order valence-corrected chi connectivity index (χ4v) is 4.94. The van der Waals surface area contributed by atoms with Gasteiger partial charge in [0.2, 0.25) is 5.91 Å². The fraction of sp³-hybridized carbons (Fsp3) is 0.619. The van der Waals surface area contributed by atoms with Gasteiger partial charge in [0, 0.05) is 44.8 Å². The quantitative estimate of drug-likeness (QED) is 0.841. The molecule has 4 rings (SSSR count). The predicted octanol–water partition coefficient (Wildman–Crippen LogP) is 2.26. The molecule has 27 heavy (non-hydrogen) atoms. The highest BCUT2D eigenvalue weighted by atomic mass is 35.5. The molecule has 0 aromatic heterocycles. The number of nitrogens with one attached hydrogen (secondary N) is 1. The molecule has 3 fully saturated rings. The summed E-state index contributed by atoms with van der Waals surface area (Å²) in [6.07, 6.45) is 1.81. The number of likely N-dealkylation sites (tertiary alicyclic amines) is 2. The van der Waals surface area contributed by atoms with Crippen LogP contribution >= 0.6 is 12.4 Å². The largest absolute Gasteiger partial charge is 0.342 e. The van der Waals surface area contributed by atoms with Gasteiger partial charge in [-0.15, -0.1) is 12.4 Å². The average molecular weight is 392 g/mol. The molecular weight excluding hydrogens is 362 g/mol. The summed E-state index contributed by atoms with van der Waals surface area (Å²) in [6.45, 7) is 9.21. The van der Waals surface area contributed by atoms with Crippen LogP contribution in [0.4, 0.5) is 0 Å². The number of carbonyl (C=O) groups excluding carboxylic acids is 2. The number of amides is 2. The summed E-state index contributed by atoms with van der Waals surface area (Å²) >= 11 is 0. The van der Waals surface area contributed by atoms with Crippen LogP contribution in [-0.2, 0) is 4.79 Å². The molecule has 3 heterocycles. The third-order valence-corrected chi connectivity index (χ3v) is 6.23. The third-order valence-electron chi connectivity index (χ3n) is 6.23. The Morgan fingerprint density at radius 1 is 0.963 bits per heavy atom. The van der Waals surface area contributed by atoms with Gasteiger partial charge in [-0.3, -0.25) is 9.59 Å². The molecule has 1 unspecified atom stereocenters. The Labute approximate surface area is 167 Å². The molecule has 148 valence electrons. The van der Waals surface area contributed by atoms with Crippen LogP contribution in [-0.4, -0.2) is 60.9 Å². The lowest BCUT2D eigenvalue weighted by atomic mass is 9.95. The summed E-state index contributed by atoms with van der Waals surface area (Å²) in [5.74, 6) is 1.53. The lowest BCUT2D eigenvalue weighted by Gasteiger charge is -2.34. The van der Waals surface area contributed by atoms with E-state index in [0.29, 0.717) is 18.4 Å². The molecule has 2 amide bonds. The minimum atomic E-state index is -0.0367. The van der Waals surface area contributed by atoms with Crippen LogP contribution in [0.3, 0.4) is 0 Å². The van der Waals surface area contributed by atoms with Gasteiger partial charge >= 0.3 is 0 Å². The van der Waals surface area contributed by atoms with E-state index in [0.717, 1.165) is 62.3 Å². The third kappa shape index (κ3) is 4.14. The molecule has 3 atom stereocenters. The number of hydrogen-bond donors (Lipinski definition) is 1. The number of nitrogens with zero attached hydrogens (tertiary/aromatic N) is 2. The molecule has 0 saturated carbocycles. The van der Waals surface area contributed by atoms with Crippen LogP contribution in [0, 0.1) is 31.6 Å². The number of hydrogen-bond acceptors (Lipinski definition) is 3. The number of benzene rings is 1. The Balaban J connectivity index is 0.00000210. The van der Waals surface area contributed by atoms with Gasteiger partial charge in [-0.1, -0.05) is 17.2 Å². The van der Waals surface area contributed by atoms with Gasteiger partial charge in [-0.25, -0.2) is 0 Å². The Morgan fingerprint density at radius 2 is 1.59 bits per heavy atom. The highest BCUT2D eigenvalue weighted by molar-refractivity contribution is 5.95. The molecule has 0 bridgehead atoms. The van der Waals surface area contributed by atoms with Crippen LogP contribution in [0.1, 0.15) is 34.3 Å². The van der Waals surface area contributed by atoms with Crippen molar-refractivity contribution < 1.29 is 9.59 Å². The lowest BCUT2D eigenvalue weighted by molar-refractivity contribution is -0.136. The topological polar surface area (TPSA) is 52.7 Å². The van der Waals surface area contributed by atoms with Crippen molar-refractivity contribution in [3.8, 4) is 0 Å². The Kier molecular flexibility index (Phi) is 6.11. The van der Waals surface area contributed by atoms with Crippen LogP contribution in [0.2, 0.25) is 0 Å². The smallest absolute Gasteiger partial charge is 0.253 e. The van der Waals surface area contributed by atoms with Crippen molar-refractivity contribution >= 4 is 24.2 Å². The number of aryl methyl sites for hydroxylation is 2. The second-order valence-corrected chi connectivity index (χ2v) is 8.39. The molecule has 5 nitrogen and oxygen atoms in total. The van der Waals surface area contributed by atoms with E-state index < -0.39 is 0 Å². The minimum Gasteiger partial charge on any atom is -0.342 e. The van der Waals surface area contributed by atoms with E-state index >= 15 is 0 Å². The summed E-state index contributed by atoms with van der Waals surface area (Å²) in [7, 11) is 0. The SMILES string of the molecule is Cc1cc(C)cc(C(=O)N2CCCC(C(=O)N3C[C@H]4CNC[C@H]4C3)C2)c1.Cl. The molecule has 1 N–H and O–H groups in total. The van der Waals surface area contributed by atoms with E-state index in [-0.39, 0.29) is 30.1 Å². The highest BCUT2D eigenvalue weighted by Crippen LogP contribution is 2.29. The number of rotatable bonds is 2. The van der Waals surface area contributed by atoms with Crippen molar-refractivity contribution in [3.63, 3.8) is 0 Å². The van der Waals surface area contributed by atoms with E-state index in [2.05, 4.69) is 16.3 Å². The van der Waals surface area contributed by atoms with Gasteiger partial charge in [0.1, 0.15) is 0 Å². The minimum absolute atomic E-state index is 0. The number of piperidine rings is 1. The van der Waals surface area contributed by atoms with Crippen LogP contribution in [0.15, 0.2) is 18.2 Å². The zero-order valence-corrected chi connectivity index (χ0v) is 17.1. The lowest BCUT2D eigenvalue weighted by Crippen LogP contribution is -2.46. The number of carbonyl (C=O) groups is 2. The normalized spacial score (nSPS) is 27.3. The maximum absolute atomic E-state index is 13.0. The molecule has 3 saturated heterocycles. The van der Waals surface area contributed by atoms with Gasteiger partial charge < -0.3 is 15.1 Å². The second kappa shape index (κ2) is 8.19. The van der Waals surface area contributed by atoms with E-state index in [9.17, 15) is 9.59 Å².